The molecule has 0 aliphatic heterocycles. The Morgan fingerprint density at radius 3 is 2.45 bits per heavy atom. The van der Waals surface area contributed by atoms with E-state index in [2.05, 4.69) is 0 Å². The van der Waals surface area contributed by atoms with Crippen LogP contribution >= 0.6 is 23.2 Å². The van der Waals surface area contributed by atoms with E-state index in [0.29, 0.717) is 6.42 Å². The van der Waals surface area contributed by atoms with E-state index in [9.17, 15) is 8.42 Å². The van der Waals surface area contributed by atoms with Gasteiger partial charge in [0.2, 0.25) is 0 Å². The molecule has 0 atom stereocenters. The quantitative estimate of drug-likeness (QED) is 0.724. The van der Waals surface area contributed by atoms with E-state index in [1.807, 2.05) is 6.92 Å². The molecule has 0 rings (SSSR count). The van der Waals surface area contributed by atoms with Crippen LogP contribution in [0.5, 0.6) is 0 Å². The largest absolute Gasteiger partial charge is 0.223 e. The highest BCUT2D eigenvalue weighted by Crippen LogP contribution is 2.14. The van der Waals surface area contributed by atoms with Crippen LogP contribution < -0.4 is 0 Å². The molecule has 0 amide bonds. The maximum absolute atomic E-state index is 11.0. The molecule has 0 spiro atoms. The molecule has 0 aromatic rings. The summed E-state index contributed by atoms with van der Waals surface area (Å²) in [4.78, 5) is 0. The normalized spacial score (nSPS) is 13.5. The lowest BCUT2D eigenvalue weighted by atomic mass is 10.4. The minimum absolute atomic E-state index is 0.0750. The van der Waals surface area contributed by atoms with E-state index in [1.54, 1.807) is 0 Å². The molecule has 0 fully saturated rings. The Bertz CT molecular complexity index is 231. The van der Waals surface area contributed by atoms with Crippen molar-refractivity contribution in [2.75, 3.05) is 5.75 Å². The molecule has 0 heterocycles. The van der Waals surface area contributed by atoms with Crippen molar-refractivity contribution in [3.63, 3.8) is 0 Å². The van der Waals surface area contributed by atoms with Crippen LogP contribution in [0.4, 0.5) is 0 Å². The van der Waals surface area contributed by atoms with Crippen molar-refractivity contribution in [2.24, 2.45) is 0 Å². The molecule has 0 saturated heterocycles. The molecule has 0 N–H and O–H groups in total. The lowest BCUT2D eigenvalue weighted by Gasteiger charge is -1.98. The second kappa shape index (κ2) is 5.01. The number of rotatable bonds is 4. The predicted molar refractivity (Wildman–Crippen MR) is 48.5 cm³/mol. The fourth-order valence-electron chi connectivity index (χ4n) is 0.500. The molecular weight excluding hydrogens is 207 g/mol. The number of unbranched alkanes of at least 4 members (excludes halogenated alkanes) is 1. The summed E-state index contributed by atoms with van der Waals surface area (Å²) in [5.41, 5.74) is 0.881. The zero-order valence-corrected chi connectivity index (χ0v) is 8.51. The minimum atomic E-state index is -3.28. The Kier molecular flexibility index (Phi) is 5.13. The van der Waals surface area contributed by atoms with Crippen molar-refractivity contribution >= 4 is 33.0 Å². The van der Waals surface area contributed by atoms with E-state index in [-0.39, 0.29) is 10.1 Å². The summed E-state index contributed by atoms with van der Waals surface area (Å²) in [7, 11) is -3.28. The summed E-state index contributed by atoms with van der Waals surface area (Å²) in [6.45, 7) is 1.91. The van der Waals surface area contributed by atoms with E-state index in [4.69, 9.17) is 23.2 Å². The predicted octanol–water partition coefficient (Wildman–Crippen LogP) is 2.48. The Hall–Kier alpha value is 0.270. The van der Waals surface area contributed by atoms with Crippen molar-refractivity contribution in [2.45, 2.75) is 19.8 Å². The lowest BCUT2D eigenvalue weighted by Crippen LogP contribution is -2.04. The fourth-order valence-corrected chi connectivity index (χ4v) is 2.14. The highest BCUT2D eigenvalue weighted by atomic mass is 35.5. The average Bonchev–Trinajstić information content (AvgIpc) is 1.99. The van der Waals surface area contributed by atoms with Gasteiger partial charge in [0.1, 0.15) is 4.36 Å². The summed E-state index contributed by atoms with van der Waals surface area (Å²) >= 11 is 10.5. The molecule has 0 saturated carbocycles. The van der Waals surface area contributed by atoms with Crippen LogP contribution in [0, 0.1) is 0 Å². The summed E-state index contributed by atoms with van der Waals surface area (Å²) in [5.74, 6) is 0.0750. The molecular formula is C6H10Cl2O2S. The zero-order valence-electron chi connectivity index (χ0n) is 6.18. The summed E-state index contributed by atoms with van der Waals surface area (Å²) in [6, 6.07) is 0. The molecule has 0 aromatic carbocycles. The van der Waals surface area contributed by atoms with Crippen molar-refractivity contribution < 1.29 is 8.42 Å². The van der Waals surface area contributed by atoms with E-state index < -0.39 is 9.84 Å². The van der Waals surface area contributed by atoms with Crippen LogP contribution in [0.15, 0.2) is 9.90 Å². The molecule has 0 radical (unpaired) electrons. The molecule has 0 bridgehead atoms. The Labute approximate surface area is 77.1 Å². The van der Waals surface area contributed by atoms with Gasteiger partial charge >= 0.3 is 0 Å². The lowest BCUT2D eigenvalue weighted by molar-refractivity contribution is 0.600. The molecule has 0 aliphatic rings. The van der Waals surface area contributed by atoms with Crippen molar-refractivity contribution in [3.05, 3.63) is 9.90 Å². The third kappa shape index (κ3) is 3.99. The summed E-state index contributed by atoms with van der Waals surface area (Å²) in [6.07, 6.45) is 1.44. The number of halogens is 2. The molecule has 0 unspecified atom stereocenters. The van der Waals surface area contributed by atoms with Gasteiger partial charge in [-0.3, -0.25) is 0 Å². The van der Waals surface area contributed by atoms with Crippen LogP contribution in [-0.2, 0) is 9.84 Å². The first-order valence-corrected chi connectivity index (χ1v) is 5.70. The maximum atomic E-state index is 11.0. The van der Waals surface area contributed by atoms with Gasteiger partial charge in [-0.2, -0.15) is 0 Å². The summed E-state index contributed by atoms with van der Waals surface area (Å²) in [5, 5.41) is 0. The van der Waals surface area contributed by atoms with Crippen LogP contribution in [0.2, 0.25) is 0 Å². The first-order valence-electron chi connectivity index (χ1n) is 3.23. The highest BCUT2D eigenvalue weighted by molar-refractivity contribution is 7.96. The Balaban J connectivity index is 4.25. The monoisotopic (exact) mass is 216 g/mol. The van der Waals surface area contributed by atoms with Gasteiger partial charge in [-0.25, -0.2) is 8.42 Å². The summed E-state index contributed by atoms with van der Waals surface area (Å²) < 4.78 is 21.8. The fraction of sp³-hybridized carbons (Fsp3) is 0.667. The maximum Gasteiger partial charge on any atom is 0.189 e. The highest BCUT2D eigenvalue weighted by Gasteiger charge is 2.13. The van der Waals surface area contributed by atoms with Gasteiger partial charge in [-0.1, -0.05) is 36.5 Å². The molecule has 11 heavy (non-hydrogen) atoms. The van der Waals surface area contributed by atoms with Crippen molar-refractivity contribution in [1.82, 2.24) is 0 Å². The third-order valence-corrected chi connectivity index (χ3v) is 3.96. The van der Waals surface area contributed by atoms with Gasteiger partial charge < -0.3 is 0 Å². The van der Waals surface area contributed by atoms with Crippen LogP contribution in [-0.4, -0.2) is 14.2 Å². The van der Waals surface area contributed by atoms with E-state index in [1.165, 1.54) is 0 Å². The smallest absolute Gasteiger partial charge is 0.189 e. The SMILES string of the molecule is CCCCS(=O)(=O)/C(Cl)=C\Cl. The molecule has 66 valence electrons. The molecule has 5 heteroatoms. The van der Waals surface area contributed by atoms with Gasteiger partial charge in [0.05, 0.1) is 5.75 Å². The van der Waals surface area contributed by atoms with Gasteiger partial charge in [0.25, 0.3) is 0 Å². The molecule has 0 aliphatic carbocycles. The van der Waals surface area contributed by atoms with Gasteiger partial charge in [-0.15, -0.1) is 0 Å². The van der Waals surface area contributed by atoms with Crippen molar-refractivity contribution in [3.8, 4) is 0 Å². The first kappa shape index (κ1) is 11.3. The number of sulfone groups is 1. The second-order valence-corrected chi connectivity index (χ2v) is 5.01. The second-order valence-electron chi connectivity index (χ2n) is 2.09. The van der Waals surface area contributed by atoms with Crippen LogP contribution in [0.1, 0.15) is 19.8 Å². The topological polar surface area (TPSA) is 34.1 Å². The number of hydrogen-bond donors (Lipinski definition) is 0. The van der Waals surface area contributed by atoms with Gasteiger partial charge in [-0.05, 0) is 6.42 Å². The van der Waals surface area contributed by atoms with Crippen LogP contribution in [0.3, 0.4) is 0 Å². The Morgan fingerprint density at radius 1 is 1.55 bits per heavy atom. The van der Waals surface area contributed by atoms with Gasteiger partial charge in [0.15, 0.2) is 9.84 Å². The standard InChI is InChI=1S/C6H10Cl2O2S/c1-2-3-4-11(9,10)6(8)5-7/h5H,2-4H2,1H3/b6-5-. The number of hydrogen-bond acceptors (Lipinski definition) is 2. The van der Waals surface area contributed by atoms with Gasteiger partial charge in [0, 0.05) is 5.54 Å². The van der Waals surface area contributed by atoms with E-state index >= 15 is 0 Å². The minimum Gasteiger partial charge on any atom is -0.223 e. The van der Waals surface area contributed by atoms with Crippen molar-refractivity contribution in [1.29, 1.82) is 0 Å². The molecule has 2 nitrogen and oxygen atoms in total. The third-order valence-electron chi connectivity index (χ3n) is 1.15. The molecule has 0 aromatic heterocycles. The average molecular weight is 217 g/mol. The Morgan fingerprint density at radius 2 is 2.09 bits per heavy atom. The first-order chi connectivity index (χ1) is 5.04. The van der Waals surface area contributed by atoms with E-state index in [0.717, 1.165) is 12.0 Å². The zero-order chi connectivity index (χ0) is 8.91. The van der Waals surface area contributed by atoms with Crippen LogP contribution in [0.25, 0.3) is 0 Å².